The number of aromatic hydroxyl groups is 1. The molecule has 1 aliphatic rings. The number of esters is 1. The third-order valence-electron chi connectivity index (χ3n) is 12.0. The van der Waals surface area contributed by atoms with Crippen LogP contribution in [0.2, 0.25) is 0 Å². The van der Waals surface area contributed by atoms with Gasteiger partial charge in [-0.2, -0.15) is 0 Å². The second-order valence-corrected chi connectivity index (χ2v) is 17.5. The normalized spacial score (nSPS) is 14.8. The lowest BCUT2D eigenvalue weighted by atomic mass is 9.85. The molecule has 0 unspecified atom stereocenters. The van der Waals surface area contributed by atoms with Crippen LogP contribution in [-0.2, 0) is 34.6 Å². The monoisotopic (exact) mass is 876 g/mol. The highest BCUT2D eigenvalue weighted by atomic mass is 32.1. The number of pyridine rings is 1. The Kier molecular flexibility index (Phi) is 14.1. The van der Waals surface area contributed by atoms with Crippen LogP contribution < -0.4 is 16.2 Å². The van der Waals surface area contributed by atoms with Crippen molar-refractivity contribution in [2.24, 2.45) is 5.92 Å². The van der Waals surface area contributed by atoms with Crippen LogP contribution in [0.4, 0.5) is 0 Å². The number of piperidine rings is 1. The zero-order valence-corrected chi connectivity index (χ0v) is 36.2. The molecule has 6 N–H and O–H groups in total. The van der Waals surface area contributed by atoms with Crippen molar-refractivity contribution in [1.29, 1.82) is 0 Å². The third-order valence-corrected chi connectivity index (χ3v) is 13.1. The fourth-order valence-corrected chi connectivity index (χ4v) is 9.18. The molecule has 0 radical (unpaired) electrons. The molecule has 7 aromatic rings. The summed E-state index contributed by atoms with van der Waals surface area (Å²) in [5.41, 5.74) is 3.62. The number of thiophene rings is 1. The highest BCUT2D eigenvalue weighted by molar-refractivity contribution is 7.17. The first-order chi connectivity index (χ1) is 31.1. The summed E-state index contributed by atoms with van der Waals surface area (Å²) in [6, 6.07) is 44.3. The quantitative estimate of drug-likeness (QED) is 0.0403. The van der Waals surface area contributed by atoms with Gasteiger partial charge in [0.25, 0.3) is 5.91 Å². The molecule has 64 heavy (non-hydrogen) atoms. The fourth-order valence-electron chi connectivity index (χ4n) is 8.25. The third kappa shape index (κ3) is 10.5. The summed E-state index contributed by atoms with van der Waals surface area (Å²) in [4.78, 5) is 45.3. The zero-order chi connectivity index (χ0) is 44.5. The van der Waals surface area contributed by atoms with Crippen LogP contribution >= 0.6 is 11.3 Å². The van der Waals surface area contributed by atoms with E-state index < -0.39 is 17.7 Å². The van der Waals surface area contributed by atoms with Gasteiger partial charge in [-0.3, -0.25) is 14.5 Å². The number of fused-ring (bicyclic) bond motifs is 1. The number of nitrogens with one attached hydrogen (secondary N) is 3. The number of phenolic OH excluding ortho intramolecular Hbond substituents is 1. The van der Waals surface area contributed by atoms with E-state index in [1.807, 2.05) is 54.6 Å². The Morgan fingerprint density at radius 1 is 0.797 bits per heavy atom. The van der Waals surface area contributed by atoms with E-state index in [4.69, 9.17) is 4.74 Å². The summed E-state index contributed by atoms with van der Waals surface area (Å²) in [6.45, 7) is 4.28. The number of benzene rings is 5. The molecule has 2 atom stereocenters. The number of phenols is 1. The van der Waals surface area contributed by atoms with Gasteiger partial charge in [0.1, 0.15) is 5.75 Å². The summed E-state index contributed by atoms with van der Waals surface area (Å²) in [7, 11) is 0. The molecule has 5 aromatic carbocycles. The Morgan fingerprint density at radius 2 is 1.48 bits per heavy atom. The number of nitrogens with zero attached hydrogens (tertiary/aromatic N) is 1. The smallest absolute Gasteiger partial charge is 0.347 e. The van der Waals surface area contributed by atoms with Crippen molar-refractivity contribution >= 4 is 34.1 Å². The van der Waals surface area contributed by atoms with E-state index in [0.29, 0.717) is 52.1 Å². The predicted octanol–water partition coefficient (Wildman–Crippen LogP) is 7.45. The number of aromatic nitrogens is 1. The maximum absolute atomic E-state index is 13.8. The summed E-state index contributed by atoms with van der Waals surface area (Å²) in [5, 5.41) is 40.0. The van der Waals surface area contributed by atoms with Crippen LogP contribution in [0.5, 0.6) is 5.75 Å². The minimum absolute atomic E-state index is 0.0480. The molecule has 12 heteroatoms. The molecule has 0 saturated carbocycles. The molecule has 3 heterocycles. The van der Waals surface area contributed by atoms with Gasteiger partial charge in [-0.25, -0.2) is 4.79 Å². The molecule has 2 aromatic heterocycles. The first-order valence-corrected chi connectivity index (χ1v) is 22.5. The Labute approximate surface area is 376 Å². The van der Waals surface area contributed by atoms with E-state index in [2.05, 4.69) is 44.8 Å². The number of rotatable bonds is 17. The van der Waals surface area contributed by atoms with E-state index in [1.54, 1.807) is 54.6 Å². The van der Waals surface area contributed by atoms with Gasteiger partial charge < -0.3 is 35.7 Å². The number of hydrogen-bond acceptors (Lipinski definition) is 10. The predicted molar refractivity (Wildman–Crippen MR) is 250 cm³/mol. The number of ether oxygens (including phenoxy) is 1. The van der Waals surface area contributed by atoms with Crippen molar-refractivity contribution in [2.75, 3.05) is 32.8 Å². The van der Waals surface area contributed by atoms with Crippen molar-refractivity contribution in [3.63, 3.8) is 0 Å². The molecule has 328 valence electrons. The Bertz CT molecular complexity index is 2720. The largest absolute Gasteiger partial charge is 0.506 e. The number of hydrogen-bond donors (Lipinski definition) is 6. The second kappa shape index (κ2) is 20.4. The van der Waals surface area contributed by atoms with E-state index in [0.717, 1.165) is 60.5 Å². The molecule has 11 nitrogen and oxygen atoms in total. The van der Waals surface area contributed by atoms with Gasteiger partial charge in [-0.1, -0.05) is 115 Å². The summed E-state index contributed by atoms with van der Waals surface area (Å²) >= 11 is 1.37. The van der Waals surface area contributed by atoms with Crippen molar-refractivity contribution < 1.29 is 29.6 Å². The molecular formula is C52H52N4O7S. The summed E-state index contributed by atoms with van der Waals surface area (Å²) < 4.78 is 5.90. The summed E-state index contributed by atoms with van der Waals surface area (Å²) in [5.74, 6) is -0.715. The van der Waals surface area contributed by atoms with Crippen LogP contribution in [0.3, 0.4) is 0 Å². The van der Waals surface area contributed by atoms with E-state index in [-0.39, 0.29) is 29.7 Å². The first-order valence-electron chi connectivity index (χ1n) is 21.7. The molecule has 0 aliphatic carbocycles. The van der Waals surface area contributed by atoms with Crippen LogP contribution in [-0.4, -0.2) is 69.9 Å². The molecule has 1 aliphatic heterocycles. The minimum atomic E-state index is -2.00. The number of carbonyl (C=O) groups is 2. The Morgan fingerprint density at radius 3 is 2.22 bits per heavy atom. The lowest BCUT2D eigenvalue weighted by molar-refractivity contribution is -0.164. The van der Waals surface area contributed by atoms with Crippen molar-refractivity contribution in [3.8, 4) is 16.2 Å². The lowest BCUT2D eigenvalue weighted by Gasteiger charge is -2.33. The molecule has 1 amide bonds. The first kappa shape index (κ1) is 44.2. The number of aliphatic hydroxyl groups is 2. The molecule has 1 saturated heterocycles. The molecule has 8 rings (SSSR count). The average Bonchev–Trinajstić information content (AvgIpc) is 3.84. The highest BCUT2D eigenvalue weighted by Crippen LogP contribution is 2.35. The number of carbonyl (C=O) groups excluding carboxylic acids is 2. The zero-order valence-electron chi connectivity index (χ0n) is 35.4. The van der Waals surface area contributed by atoms with Gasteiger partial charge in [0.2, 0.25) is 11.2 Å². The SMILES string of the molecule is O=C(NCc1ccc(CCNC[C@H](O)c2ccc(O)c3[nH]c(=O)ccc23)cc1)c1ccc(-c2ccc([C@](O)(C(=O)OCC3CCN(Cc4ccccc4)CC3)c3ccccc3)cc2)s1. The number of aliphatic hydroxyl groups excluding tert-OH is 1. The number of likely N-dealkylation sites (tertiary alicyclic amines) is 1. The van der Waals surface area contributed by atoms with Gasteiger partial charge >= 0.3 is 5.97 Å². The van der Waals surface area contributed by atoms with Gasteiger partial charge in [0.15, 0.2) is 0 Å². The van der Waals surface area contributed by atoms with Gasteiger partial charge in [-0.05, 0) is 108 Å². The maximum atomic E-state index is 13.8. The maximum Gasteiger partial charge on any atom is 0.347 e. The molecule has 1 fully saturated rings. The molecular weight excluding hydrogens is 825 g/mol. The van der Waals surface area contributed by atoms with Crippen LogP contribution in [0, 0.1) is 5.92 Å². The Balaban J connectivity index is 0.812. The molecule has 0 bridgehead atoms. The standard InChI is InChI=1S/C52H52N4O7S/c57-44-21-19-42(43-20-24-48(59)55-49(43)44)45(58)32-53-28-25-35-11-13-36(14-12-35)31-54-50(60)47-23-22-46(64-47)39-15-17-41(18-16-39)52(62,40-9-5-2-6-10-40)51(61)63-34-38-26-29-56(30-27-38)33-37-7-3-1-4-8-37/h1-24,38,45,53,57-58,62H,25-34H2,(H,54,60)(H,55,59)/t45-,52-/m0/s1. The van der Waals surface area contributed by atoms with E-state index in [9.17, 15) is 29.7 Å². The van der Waals surface area contributed by atoms with Gasteiger partial charge in [-0.15, -0.1) is 11.3 Å². The van der Waals surface area contributed by atoms with Gasteiger partial charge in [0, 0.05) is 36.0 Å². The van der Waals surface area contributed by atoms with E-state index in [1.165, 1.54) is 29.0 Å². The highest BCUT2D eigenvalue weighted by Gasteiger charge is 2.42. The van der Waals surface area contributed by atoms with Crippen LogP contribution in [0.1, 0.15) is 62.0 Å². The van der Waals surface area contributed by atoms with Crippen LogP contribution in [0.25, 0.3) is 21.3 Å². The number of H-pyrrole nitrogens is 1. The Hall–Kier alpha value is -6.41. The molecule has 0 spiro atoms. The minimum Gasteiger partial charge on any atom is -0.506 e. The van der Waals surface area contributed by atoms with Gasteiger partial charge in [0.05, 0.1) is 23.1 Å². The fraction of sp³-hybridized carbons (Fsp3) is 0.250. The number of aromatic amines is 1. The van der Waals surface area contributed by atoms with Crippen molar-refractivity contribution in [3.05, 3.63) is 194 Å². The lowest BCUT2D eigenvalue weighted by Crippen LogP contribution is -2.40. The average molecular weight is 877 g/mol. The summed E-state index contributed by atoms with van der Waals surface area (Å²) in [6.07, 6.45) is 1.72. The number of amides is 1. The topological polar surface area (TPSA) is 164 Å². The van der Waals surface area contributed by atoms with Crippen LogP contribution in [0.15, 0.2) is 150 Å². The van der Waals surface area contributed by atoms with Crippen molar-refractivity contribution in [2.45, 2.75) is 44.1 Å². The van der Waals surface area contributed by atoms with Crippen molar-refractivity contribution in [1.82, 2.24) is 20.5 Å². The second-order valence-electron chi connectivity index (χ2n) is 16.4. The van der Waals surface area contributed by atoms with E-state index >= 15 is 0 Å².